The molecule has 0 unspecified atom stereocenters. The molecule has 0 amide bonds. The molecule has 0 heterocycles. The zero-order valence-corrected chi connectivity index (χ0v) is 24.5. The van der Waals surface area contributed by atoms with Crippen molar-refractivity contribution >= 4 is 30.9 Å². The zero-order chi connectivity index (χ0) is 24.2. The van der Waals surface area contributed by atoms with Crippen molar-refractivity contribution in [1.82, 2.24) is 3.90 Å². The molecule has 174 valence electrons. The van der Waals surface area contributed by atoms with E-state index in [1.54, 1.807) is 18.2 Å². The predicted molar refractivity (Wildman–Crippen MR) is 133 cm³/mol. The molecule has 0 N–H and O–H groups in total. The van der Waals surface area contributed by atoms with Crippen LogP contribution in [-0.4, -0.2) is 29.6 Å². The predicted octanol–water partition coefficient (Wildman–Crippen LogP) is 8.26. The summed E-state index contributed by atoms with van der Waals surface area (Å²) < 4.78 is 52.9. The molecule has 30 heavy (non-hydrogen) atoms. The lowest BCUT2D eigenvalue weighted by molar-refractivity contribution is 0.400. The van der Waals surface area contributed by atoms with Crippen LogP contribution in [0.4, 0.5) is 12.3 Å². The number of hydrogen-bond donors (Lipinski definition) is 0. The fraction of sp³-hybridized carbons (Fsp3) is 0.739. The van der Waals surface area contributed by atoms with Gasteiger partial charge in [0.05, 0.1) is 0 Å². The van der Waals surface area contributed by atoms with Gasteiger partial charge in [-0.15, -0.1) is 0 Å². The summed E-state index contributed by atoms with van der Waals surface area (Å²) in [5.41, 5.74) is 0. The van der Waals surface area contributed by atoms with Gasteiger partial charge in [-0.1, -0.05) is 120 Å². The monoisotopic (exact) mass is 475 g/mol. The van der Waals surface area contributed by atoms with Crippen molar-refractivity contribution in [3.8, 4) is 0 Å². The third-order valence-corrected chi connectivity index (χ3v) is 26.2. The first-order chi connectivity index (χ1) is 13.0. The summed E-state index contributed by atoms with van der Waals surface area (Å²) in [4.78, 5) is 0. The molecule has 0 saturated carbocycles. The Labute approximate surface area is 187 Å². The van der Waals surface area contributed by atoms with Gasteiger partial charge in [-0.2, -0.15) is 0 Å². The van der Waals surface area contributed by atoms with Crippen molar-refractivity contribution in [2.24, 2.45) is 0 Å². The van der Waals surface area contributed by atoms with Crippen LogP contribution in [0.5, 0.6) is 0 Å². The highest BCUT2D eigenvalue weighted by molar-refractivity contribution is 7.07. The topological polar surface area (TPSA) is 3.24 Å². The molecule has 0 aliphatic carbocycles. The van der Waals surface area contributed by atoms with Crippen LogP contribution in [0.1, 0.15) is 83.1 Å². The first-order valence-corrected chi connectivity index (χ1v) is 16.9. The first kappa shape index (κ1) is 27.7. The Kier molecular flexibility index (Phi) is 7.27. The van der Waals surface area contributed by atoms with Gasteiger partial charge in [0.2, 0.25) is 0 Å². The Hall–Kier alpha value is -0.379. The van der Waals surface area contributed by atoms with E-state index in [0.717, 1.165) is 0 Å². The minimum Gasteiger partial charge on any atom is -0.293 e. The van der Waals surface area contributed by atoms with Gasteiger partial charge in [0.25, 0.3) is 0 Å². The second-order valence-corrected chi connectivity index (χ2v) is 26.7. The van der Waals surface area contributed by atoms with E-state index in [4.69, 9.17) is 0 Å². The minimum absolute atomic E-state index is 0.0141. The summed E-state index contributed by atoms with van der Waals surface area (Å²) in [5.74, 6) is 0. The number of halogens is 3. The van der Waals surface area contributed by atoms with Crippen molar-refractivity contribution in [1.29, 1.82) is 0 Å². The maximum atomic E-state index is 17.9. The van der Waals surface area contributed by atoms with E-state index in [1.807, 2.05) is 89.6 Å². The number of benzene rings is 1. The second-order valence-electron chi connectivity index (χ2n) is 12.9. The van der Waals surface area contributed by atoms with Crippen molar-refractivity contribution in [2.75, 3.05) is 0 Å². The van der Waals surface area contributed by atoms with E-state index in [9.17, 15) is 0 Å². The molecule has 0 saturated heterocycles. The zero-order valence-electron chi connectivity index (χ0n) is 21.5. The minimum atomic E-state index is -5.34. The Balaban J connectivity index is 4.24. The van der Waals surface area contributed by atoms with Crippen LogP contribution in [0, 0.1) is 0 Å². The normalized spacial score (nSPS) is 15.6. The molecule has 0 aliphatic heterocycles. The lowest BCUT2D eigenvalue weighted by Crippen LogP contribution is -2.83. The van der Waals surface area contributed by atoms with Gasteiger partial charge in [-0.05, 0) is 20.2 Å². The number of rotatable bonds is 4. The van der Waals surface area contributed by atoms with Crippen LogP contribution in [-0.2, 0) is 0 Å². The molecule has 0 bridgehead atoms. The van der Waals surface area contributed by atoms with Gasteiger partial charge >= 0.3 is 17.5 Å². The molecule has 0 spiro atoms. The van der Waals surface area contributed by atoms with Crippen LogP contribution in [0.25, 0.3) is 0 Å². The van der Waals surface area contributed by atoms with Crippen LogP contribution >= 0.6 is 0 Å². The van der Waals surface area contributed by atoms with E-state index in [1.165, 1.54) is 16.0 Å². The molecule has 0 atom stereocenters. The lowest BCUT2D eigenvalue weighted by atomic mass is 10.2. The van der Waals surface area contributed by atoms with Crippen LogP contribution < -0.4 is 5.19 Å². The number of hydrogen-bond acceptors (Lipinski definition) is 1. The lowest BCUT2D eigenvalue weighted by Gasteiger charge is -2.64. The van der Waals surface area contributed by atoms with Gasteiger partial charge in [-0.25, -0.2) is 8.22 Å². The van der Waals surface area contributed by atoms with Gasteiger partial charge < -0.3 is 0 Å². The molecule has 0 aromatic heterocycles. The Bertz CT molecular complexity index is 657. The highest BCUT2D eigenvalue weighted by atomic mass is 28.5. The van der Waals surface area contributed by atoms with E-state index in [-0.39, 0.29) is 5.19 Å². The molecule has 0 radical (unpaired) electrons. The molecule has 7 heteroatoms. The van der Waals surface area contributed by atoms with Crippen LogP contribution in [0.15, 0.2) is 30.3 Å². The van der Waals surface area contributed by atoms with Crippen molar-refractivity contribution in [3.63, 3.8) is 0 Å². The largest absolute Gasteiger partial charge is 0.529 e. The molecule has 1 rings (SSSR count). The van der Waals surface area contributed by atoms with E-state index in [0.29, 0.717) is 0 Å². The maximum Gasteiger partial charge on any atom is 0.529 e. The fourth-order valence-electron chi connectivity index (χ4n) is 5.14. The summed E-state index contributed by atoms with van der Waals surface area (Å²) in [6.45, 7) is 25.2. The third kappa shape index (κ3) is 4.28. The van der Waals surface area contributed by atoms with Crippen LogP contribution in [0.3, 0.4) is 0 Å². The smallest absolute Gasteiger partial charge is 0.293 e. The summed E-state index contributed by atoms with van der Waals surface area (Å²) in [5, 5.41) is -2.63. The Morgan fingerprint density at radius 2 is 0.933 bits per heavy atom. The van der Waals surface area contributed by atoms with Crippen LogP contribution in [0.2, 0.25) is 26.7 Å². The third-order valence-electron chi connectivity index (χ3n) is 7.07. The summed E-state index contributed by atoms with van der Waals surface area (Å²) in [7, 11) is -12.7. The van der Waals surface area contributed by atoms with Gasteiger partial charge in [0.1, 0.15) is 8.24 Å². The molecule has 0 aliphatic rings. The quantitative estimate of drug-likeness (QED) is 0.313. The second kappa shape index (κ2) is 7.89. The average molecular weight is 476 g/mol. The first-order valence-electron chi connectivity index (χ1n) is 10.9. The van der Waals surface area contributed by atoms with Crippen molar-refractivity contribution < 1.29 is 12.3 Å². The average Bonchev–Trinajstić information content (AvgIpc) is 2.51. The summed E-state index contributed by atoms with van der Waals surface area (Å²) in [6.07, 6.45) is 0. The van der Waals surface area contributed by atoms with E-state index < -0.39 is 45.9 Å². The van der Waals surface area contributed by atoms with E-state index >= 15 is 12.3 Å². The van der Waals surface area contributed by atoms with Gasteiger partial charge in [-0.3, -0.25) is 8.00 Å². The standard InChI is InChI=1S/C23H44F3NSi3/c1-20(2,3)28(13,21(4,5)6)27(29(24,25)19-17-15-14-16-18-19)30(26,22(7,8)9)23(10,11)12/h14-18H,1-13H3. The van der Waals surface area contributed by atoms with Gasteiger partial charge in [0.15, 0.2) is 0 Å². The van der Waals surface area contributed by atoms with Crippen molar-refractivity contribution in [3.05, 3.63) is 30.3 Å². The molecular formula is C23H44F3NSi3. The summed E-state index contributed by atoms with van der Waals surface area (Å²) in [6, 6.07) is 8.05. The SMILES string of the molecule is CC(C)(C)[Si](C)(N([Si](F)(F)c1ccccc1)[Si](F)(C(C)(C)C)C(C)(C)C)C(C)(C)C. The van der Waals surface area contributed by atoms with E-state index in [2.05, 4.69) is 0 Å². The highest BCUT2D eigenvalue weighted by Crippen LogP contribution is 2.63. The maximum absolute atomic E-state index is 17.9. The molecule has 0 fully saturated rings. The highest BCUT2D eigenvalue weighted by Gasteiger charge is 2.75. The van der Waals surface area contributed by atoms with Crippen molar-refractivity contribution in [2.45, 2.75) is 110 Å². The fourth-order valence-corrected chi connectivity index (χ4v) is 28.3. The van der Waals surface area contributed by atoms with Gasteiger partial charge in [0, 0.05) is 5.19 Å². The molecular weight excluding hydrogens is 432 g/mol. The molecule has 1 aromatic rings. The Morgan fingerprint density at radius 1 is 0.600 bits per heavy atom. The Morgan fingerprint density at radius 3 is 1.20 bits per heavy atom. The number of nitrogens with zero attached hydrogens (tertiary/aromatic N) is 1. The summed E-state index contributed by atoms with van der Waals surface area (Å²) >= 11 is 0. The molecule has 1 aromatic carbocycles. The molecule has 1 nitrogen and oxygen atoms in total.